The smallest absolute Gasteiger partial charge is 0.0813 e. The average molecular weight is 157 g/mol. The van der Waals surface area contributed by atoms with Crippen LogP contribution in [0.1, 0.15) is 46.0 Å². The van der Waals surface area contributed by atoms with Crippen molar-refractivity contribution < 1.29 is 0 Å². The van der Waals surface area contributed by atoms with Gasteiger partial charge >= 0.3 is 0 Å². The van der Waals surface area contributed by atoms with Crippen molar-refractivity contribution >= 4 is 0 Å². The lowest BCUT2D eigenvalue weighted by atomic mass is 10.0. The largest absolute Gasteiger partial charge is 0.151 e. The van der Waals surface area contributed by atoms with E-state index >= 15 is 0 Å². The highest BCUT2D eigenvalue weighted by molar-refractivity contribution is 4.55. The quantitative estimate of drug-likeness (QED) is 0.411. The zero-order chi connectivity index (χ0) is 8.53. The van der Waals surface area contributed by atoms with E-state index in [9.17, 15) is 4.91 Å². The zero-order valence-electron chi connectivity index (χ0n) is 7.68. The normalized spacial score (nSPS) is 12.9. The van der Waals surface area contributed by atoms with E-state index in [4.69, 9.17) is 0 Å². The molecular formula is C9H19NO. The molecule has 0 saturated heterocycles. The van der Waals surface area contributed by atoms with Gasteiger partial charge in [0.05, 0.1) is 6.54 Å². The number of nitrogens with zero attached hydrogens (tertiary/aromatic N) is 1. The molecule has 0 aromatic carbocycles. The van der Waals surface area contributed by atoms with E-state index in [1.165, 1.54) is 25.7 Å². The summed E-state index contributed by atoms with van der Waals surface area (Å²) >= 11 is 0. The van der Waals surface area contributed by atoms with E-state index in [2.05, 4.69) is 19.0 Å². The maximum atomic E-state index is 9.79. The molecule has 0 aromatic heterocycles. The lowest BCUT2D eigenvalue weighted by Crippen LogP contribution is -1.96. The molecule has 0 aromatic rings. The number of rotatable bonds is 7. The zero-order valence-corrected chi connectivity index (χ0v) is 7.68. The lowest BCUT2D eigenvalue weighted by molar-refractivity contribution is 0.470. The fourth-order valence-electron chi connectivity index (χ4n) is 1.16. The molecule has 1 unspecified atom stereocenters. The van der Waals surface area contributed by atoms with Gasteiger partial charge in [0, 0.05) is 0 Å². The molecule has 0 fully saturated rings. The third-order valence-corrected chi connectivity index (χ3v) is 2.01. The molecule has 0 bridgehead atoms. The first kappa shape index (κ1) is 10.6. The maximum absolute atomic E-state index is 9.79. The predicted octanol–water partition coefficient (Wildman–Crippen LogP) is 3.36. The molecule has 0 radical (unpaired) electrons. The van der Waals surface area contributed by atoms with Crippen molar-refractivity contribution in [1.29, 1.82) is 0 Å². The van der Waals surface area contributed by atoms with Crippen molar-refractivity contribution in [1.82, 2.24) is 0 Å². The molecule has 0 spiro atoms. The van der Waals surface area contributed by atoms with Gasteiger partial charge in [-0.2, -0.15) is 4.91 Å². The standard InChI is InChI=1S/C9H19NO/c1-3-4-5-6-9(2)7-8-10-11/h9H,3-8H2,1-2H3. The van der Waals surface area contributed by atoms with Gasteiger partial charge in [-0.05, 0) is 12.3 Å². The summed E-state index contributed by atoms with van der Waals surface area (Å²) in [6.07, 6.45) is 6.12. The first-order chi connectivity index (χ1) is 5.31. The Balaban J connectivity index is 3.08. The first-order valence-corrected chi connectivity index (χ1v) is 4.60. The highest BCUT2D eigenvalue weighted by Crippen LogP contribution is 2.12. The molecule has 0 rings (SSSR count). The summed E-state index contributed by atoms with van der Waals surface area (Å²) in [5.74, 6) is 0.680. The van der Waals surface area contributed by atoms with E-state index in [1.54, 1.807) is 0 Å². The van der Waals surface area contributed by atoms with Crippen LogP contribution in [0.3, 0.4) is 0 Å². The van der Waals surface area contributed by atoms with Crippen LogP contribution >= 0.6 is 0 Å². The summed E-state index contributed by atoms with van der Waals surface area (Å²) in [5.41, 5.74) is 0. The summed E-state index contributed by atoms with van der Waals surface area (Å²) < 4.78 is 0. The van der Waals surface area contributed by atoms with E-state index in [-0.39, 0.29) is 0 Å². The van der Waals surface area contributed by atoms with Gasteiger partial charge in [-0.3, -0.25) is 0 Å². The van der Waals surface area contributed by atoms with Gasteiger partial charge in [0.2, 0.25) is 0 Å². The molecule has 1 atom stereocenters. The van der Waals surface area contributed by atoms with Crippen LogP contribution < -0.4 is 0 Å². The minimum absolute atomic E-state index is 0.493. The summed E-state index contributed by atoms with van der Waals surface area (Å²) in [6, 6.07) is 0. The Morgan fingerprint density at radius 1 is 1.27 bits per heavy atom. The van der Waals surface area contributed by atoms with Crippen molar-refractivity contribution in [2.45, 2.75) is 46.0 Å². The van der Waals surface area contributed by atoms with Crippen LogP contribution in [0.5, 0.6) is 0 Å². The van der Waals surface area contributed by atoms with Crippen LogP contribution in [0, 0.1) is 10.8 Å². The molecule has 0 aliphatic rings. The monoisotopic (exact) mass is 157 g/mol. The fraction of sp³-hybridized carbons (Fsp3) is 1.00. The van der Waals surface area contributed by atoms with Crippen molar-refractivity contribution in [3.63, 3.8) is 0 Å². The second kappa shape index (κ2) is 7.70. The SMILES string of the molecule is CCCCCC(C)CCN=O. The van der Waals surface area contributed by atoms with Crippen LogP contribution in [0.4, 0.5) is 0 Å². The van der Waals surface area contributed by atoms with Crippen LogP contribution in [0.25, 0.3) is 0 Å². The van der Waals surface area contributed by atoms with Gasteiger partial charge in [0.25, 0.3) is 0 Å². The van der Waals surface area contributed by atoms with E-state index < -0.39 is 0 Å². The molecule has 0 heterocycles. The highest BCUT2D eigenvalue weighted by Gasteiger charge is 2.00. The van der Waals surface area contributed by atoms with Gasteiger partial charge < -0.3 is 0 Å². The lowest BCUT2D eigenvalue weighted by Gasteiger charge is -2.07. The molecule has 0 aliphatic heterocycles. The van der Waals surface area contributed by atoms with Crippen molar-refractivity contribution in [3.8, 4) is 0 Å². The van der Waals surface area contributed by atoms with Gasteiger partial charge in [0.1, 0.15) is 0 Å². The van der Waals surface area contributed by atoms with Gasteiger partial charge in [-0.1, -0.05) is 44.7 Å². The number of nitroso groups, excluding NO2 is 1. The van der Waals surface area contributed by atoms with E-state index in [1.807, 2.05) is 0 Å². The third kappa shape index (κ3) is 7.50. The second-order valence-corrected chi connectivity index (χ2v) is 3.24. The molecular weight excluding hydrogens is 138 g/mol. The molecule has 0 amide bonds. The van der Waals surface area contributed by atoms with Crippen molar-refractivity contribution in [2.75, 3.05) is 6.54 Å². The van der Waals surface area contributed by atoms with Crippen LogP contribution in [0.2, 0.25) is 0 Å². The number of hydrogen-bond donors (Lipinski definition) is 0. The molecule has 0 N–H and O–H groups in total. The summed E-state index contributed by atoms with van der Waals surface area (Å²) in [5, 5.41) is 2.85. The van der Waals surface area contributed by atoms with Crippen LogP contribution in [-0.4, -0.2) is 6.54 Å². The third-order valence-electron chi connectivity index (χ3n) is 2.01. The van der Waals surface area contributed by atoms with Gasteiger partial charge in [-0.15, -0.1) is 0 Å². The second-order valence-electron chi connectivity index (χ2n) is 3.24. The Morgan fingerprint density at radius 3 is 2.55 bits per heavy atom. The highest BCUT2D eigenvalue weighted by atomic mass is 16.3. The Hall–Kier alpha value is -0.400. The van der Waals surface area contributed by atoms with Gasteiger partial charge in [-0.25, -0.2) is 0 Å². The molecule has 66 valence electrons. The molecule has 11 heavy (non-hydrogen) atoms. The number of unbranched alkanes of at least 4 members (excludes halogenated alkanes) is 2. The maximum Gasteiger partial charge on any atom is 0.0813 e. The minimum Gasteiger partial charge on any atom is -0.151 e. The topological polar surface area (TPSA) is 29.4 Å². The van der Waals surface area contributed by atoms with E-state index in [0.29, 0.717) is 12.5 Å². The Labute approximate surface area is 69.4 Å². The van der Waals surface area contributed by atoms with Crippen LogP contribution in [0.15, 0.2) is 5.18 Å². The molecule has 2 nitrogen and oxygen atoms in total. The Kier molecular flexibility index (Phi) is 7.42. The molecule has 0 saturated carbocycles. The molecule has 2 heteroatoms. The Morgan fingerprint density at radius 2 is 2.00 bits per heavy atom. The summed E-state index contributed by atoms with van der Waals surface area (Å²) in [4.78, 5) is 9.79. The van der Waals surface area contributed by atoms with Gasteiger partial charge in [0.15, 0.2) is 0 Å². The fourth-order valence-corrected chi connectivity index (χ4v) is 1.16. The van der Waals surface area contributed by atoms with Crippen molar-refractivity contribution in [3.05, 3.63) is 4.91 Å². The number of hydrogen-bond acceptors (Lipinski definition) is 2. The average Bonchev–Trinajstić information content (AvgIpc) is 2.01. The van der Waals surface area contributed by atoms with E-state index in [0.717, 1.165) is 6.42 Å². The van der Waals surface area contributed by atoms with Crippen molar-refractivity contribution in [2.24, 2.45) is 11.1 Å². The summed E-state index contributed by atoms with van der Waals surface area (Å²) in [6.45, 7) is 4.89. The predicted molar refractivity (Wildman–Crippen MR) is 48.6 cm³/mol. The Bertz CT molecular complexity index is 93.6. The molecule has 0 aliphatic carbocycles. The summed E-state index contributed by atoms with van der Waals surface area (Å²) in [7, 11) is 0. The van der Waals surface area contributed by atoms with Crippen LogP contribution in [-0.2, 0) is 0 Å². The minimum atomic E-state index is 0.493. The first-order valence-electron chi connectivity index (χ1n) is 4.60.